The molecular formula is C9H14N4O. The molecule has 1 aromatic rings. The summed E-state index contributed by atoms with van der Waals surface area (Å²) in [6, 6.07) is 0. The Bertz CT molecular complexity index is 345. The first-order valence-corrected chi connectivity index (χ1v) is 4.75. The van der Waals surface area contributed by atoms with E-state index in [2.05, 4.69) is 15.6 Å². The molecule has 1 aliphatic rings. The molecule has 2 heterocycles. The van der Waals surface area contributed by atoms with Crippen molar-refractivity contribution < 1.29 is 4.79 Å². The molecule has 0 aliphatic carbocycles. The van der Waals surface area contributed by atoms with Gasteiger partial charge in [-0.2, -0.15) is 0 Å². The zero-order valence-corrected chi connectivity index (χ0v) is 8.21. The van der Waals surface area contributed by atoms with Crippen LogP contribution in [0, 0.1) is 0 Å². The predicted octanol–water partition coefficient (Wildman–Crippen LogP) is -0.725. The Hall–Kier alpha value is -1.36. The number of rotatable bonds is 2. The number of likely N-dealkylation sites (N-methyl/N-ethyl adjacent to an activating group) is 1. The second-order valence-corrected chi connectivity index (χ2v) is 3.37. The Kier molecular flexibility index (Phi) is 2.49. The smallest absolute Gasteiger partial charge is 0.239 e. The second kappa shape index (κ2) is 3.79. The van der Waals surface area contributed by atoms with E-state index < -0.39 is 0 Å². The van der Waals surface area contributed by atoms with E-state index in [-0.39, 0.29) is 5.91 Å². The average molecular weight is 194 g/mol. The summed E-state index contributed by atoms with van der Waals surface area (Å²) in [6.07, 6.45) is 2.69. The summed E-state index contributed by atoms with van der Waals surface area (Å²) in [4.78, 5) is 15.5. The third-order valence-electron chi connectivity index (χ3n) is 2.46. The number of aromatic nitrogens is 2. The van der Waals surface area contributed by atoms with Crippen LogP contribution in [0.5, 0.6) is 0 Å². The van der Waals surface area contributed by atoms with Gasteiger partial charge >= 0.3 is 0 Å². The topological polar surface area (TPSA) is 59.0 Å². The lowest BCUT2D eigenvalue weighted by Gasteiger charge is -2.14. The summed E-state index contributed by atoms with van der Waals surface area (Å²) < 4.78 is 1.93. The van der Waals surface area contributed by atoms with Crippen LogP contribution in [0.3, 0.4) is 0 Å². The van der Waals surface area contributed by atoms with Crippen LogP contribution in [0.1, 0.15) is 11.4 Å². The van der Waals surface area contributed by atoms with E-state index in [1.807, 2.05) is 4.57 Å². The molecule has 2 rings (SSSR count). The first-order chi connectivity index (χ1) is 6.81. The lowest BCUT2D eigenvalue weighted by molar-refractivity contribution is -0.121. The minimum Gasteiger partial charge on any atom is -0.358 e. The van der Waals surface area contributed by atoms with Gasteiger partial charge in [0, 0.05) is 32.3 Å². The molecule has 0 spiro atoms. The molecule has 0 fully saturated rings. The van der Waals surface area contributed by atoms with Crippen molar-refractivity contribution in [3.05, 3.63) is 17.7 Å². The van der Waals surface area contributed by atoms with E-state index in [1.165, 1.54) is 5.69 Å². The molecular weight excluding hydrogens is 180 g/mol. The highest BCUT2D eigenvalue weighted by molar-refractivity contribution is 5.75. The predicted molar refractivity (Wildman–Crippen MR) is 51.7 cm³/mol. The van der Waals surface area contributed by atoms with Gasteiger partial charge in [0.2, 0.25) is 5.91 Å². The van der Waals surface area contributed by atoms with E-state index in [9.17, 15) is 4.79 Å². The zero-order valence-electron chi connectivity index (χ0n) is 8.21. The van der Waals surface area contributed by atoms with Crippen molar-refractivity contribution in [1.29, 1.82) is 0 Å². The van der Waals surface area contributed by atoms with Crippen LogP contribution >= 0.6 is 0 Å². The third-order valence-corrected chi connectivity index (χ3v) is 2.46. The average Bonchev–Trinajstić information content (AvgIpc) is 2.62. The van der Waals surface area contributed by atoms with Crippen molar-refractivity contribution >= 4 is 5.91 Å². The van der Waals surface area contributed by atoms with E-state index in [0.29, 0.717) is 6.54 Å². The molecule has 2 N–H and O–H groups in total. The largest absolute Gasteiger partial charge is 0.358 e. The normalized spacial score (nSPS) is 14.9. The highest BCUT2D eigenvalue weighted by Gasteiger charge is 2.15. The van der Waals surface area contributed by atoms with Crippen LogP contribution in [0.4, 0.5) is 0 Å². The van der Waals surface area contributed by atoms with Crippen molar-refractivity contribution in [2.24, 2.45) is 0 Å². The number of hydrogen-bond acceptors (Lipinski definition) is 3. The third kappa shape index (κ3) is 1.63. The molecule has 0 saturated carbocycles. The lowest BCUT2D eigenvalue weighted by atomic mass is 10.2. The minimum atomic E-state index is 0.0173. The van der Waals surface area contributed by atoms with Gasteiger partial charge in [0.15, 0.2) is 0 Å². The fourth-order valence-corrected chi connectivity index (χ4v) is 1.67. The SMILES string of the molecule is CNC(=O)Cn1cnc2c1CCNC2. The summed E-state index contributed by atoms with van der Waals surface area (Å²) in [5.41, 5.74) is 2.26. The number of amides is 1. The maximum atomic E-state index is 11.2. The number of carbonyl (C=O) groups excluding carboxylic acids is 1. The molecule has 1 aromatic heterocycles. The first kappa shape index (κ1) is 9.21. The van der Waals surface area contributed by atoms with E-state index in [4.69, 9.17) is 0 Å². The molecule has 0 unspecified atom stereocenters. The second-order valence-electron chi connectivity index (χ2n) is 3.37. The van der Waals surface area contributed by atoms with E-state index in [0.717, 1.165) is 25.2 Å². The number of fused-ring (bicyclic) bond motifs is 1. The van der Waals surface area contributed by atoms with Crippen LogP contribution in [0.25, 0.3) is 0 Å². The number of nitrogens with zero attached hydrogens (tertiary/aromatic N) is 2. The Labute approximate surface area is 82.5 Å². The number of carbonyl (C=O) groups is 1. The fraction of sp³-hybridized carbons (Fsp3) is 0.556. The monoisotopic (exact) mass is 194 g/mol. The minimum absolute atomic E-state index is 0.0173. The molecule has 14 heavy (non-hydrogen) atoms. The van der Waals surface area contributed by atoms with Crippen molar-refractivity contribution in [2.45, 2.75) is 19.5 Å². The summed E-state index contributed by atoms with van der Waals surface area (Å²) in [6.45, 7) is 2.15. The van der Waals surface area contributed by atoms with Crippen LogP contribution in [-0.4, -0.2) is 29.1 Å². The van der Waals surface area contributed by atoms with Gasteiger partial charge in [-0.05, 0) is 0 Å². The molecule has 1 amide bonds. The summed E-state index contributed by atoms with van der Waals surface area (Å²) in [7, 11) is 1.65. The van der Waals surface area contributed by atoms with E-state index >= 15 is 0 Å². The van der Waals surface area contributed by atoms with Gasteiger partial charge in [0.25, 0.3) is 0 Å². The van der Waals surface area contributed by atoms with Gasteiger partial charge in [0.1, 0.15) is 6.54 Å². The molecule has 1 aliphatic heterocycles. The molecule has 0 radical (unpaired) electrons. The summed E-state index contributed by atoms with van der Waals surface area (Å²) in [5.74, 6) is 0.0173. The Balaban J connectivity index is 2.18. The quantitative estimate of drug-likeness (QED) is 0.653. The van der Waals surface area contributed by atoms with Crippen molar-refractivity contribution in [1.82, 2.24) is 20.2 Å². The molecule has 0 bridgehead atoms. The highest BCUT2D eigenvalue weighted by atomic mass is 16.1. The lowest BCUT2D eigenvalue weighted by Crippen LogP contribution is -2.28. The van der Waals surface area contributed by atoms with E-state index in [1.54, 1.807) is 13.4 Å². The molecule has 0 aromatic carbocycles. The Morgan fingerprint density at radius 3 is 3.43 bits per heavy atom. The van der Waals surface area contributed by atoms with Crippen molar-refractivity contribution in [3.8, 4) is 0 Å². The molecule has 5 nitrogen and oxygen atoms in total. The number of hydrogen-bond donors (Lipinski definition) is 2. The first-order valence-electron chi connectivity index (χ1n) is 4.75. The van der Waals surface area contributed by atoms with Crippen LogP contribution < -0.4 is 10.6 Å². The number of imidazole rings is 1. The zero-order chi connectivity index (χ0) is 9.97. The maximum Gasteiger partial charge on any atom is 0.239 e. The van der Waals surface area contributed by atoms with Crippen LogP contribution in [0.2, 0.25) is 0 Å². The highest BCUT2D eigenvalue weighted by Crippen LogP contribution is 2.11. The van der Waals surface area contributed by atoms with Crippen molar-refractivity contribution in [2.75, 3.05) is 13.6 Å². The van der Waals surface area contributed by atoms with Gasteiger partial charge in [-0.1, -0.05) is 0 Å². The summed E-state index contributed by atoms with van der Waals surface area (Å²) >= 11 is 0. The maximum absolute atomic E-state index is 11.2. The van der Waals surface area contributed by atoms with Gasteiger partial charge in [-0.15, -0.1) is 0 Å². The molecule has 5 heteroatoms. The Morgan fingerprint density at radius 2 is 2.64 bits per heavy atom. The van der Waals surface area contributed by atoms with Crippen molar-refractivity contribution in [3.63, 3.8) is 0 Å². The van der Waals surface area contributed by atoms with Gasteiger partial charge in [-0.25, -0.2) is 4.98 Å². The molecule has 76 valence electrons. The Morgan fingerprint density at radius 1 is 1.79 bits per heavy atom. The van der Waals surface area contributed by atoms with Gasteiger partial charge < -0.3 is 15.2 Å². The fourth-order valence-electron chi connectivity index (χ4n) is 1.67. The summed E-state index contributed by atoms with van der Waals surface area (Å²) in [5, 5.41) is 5.85. The molecule has 0 saturated heterocycles. The van der Waals surface area contributed by atoms with Gasteiger partial charge in [0.05, 0.1) is 12.0 Å². The standard InChI is InChI=1S/C9H14N4O/c1-10-9(14)5-13-6-12-7-4-11-3-2-8(7)13/h6,11H,2-5H2,1H3,(H,10,14). The number of nitrogens with one attached hydrogen (secondary N) is 2. The van der Waals surface area contributed by atoms with Crippen LogP contribution in [0.15, 0.2) is 6.33 Å². The molecule has 0 atom stereocenters. The van der Waals surface area contributed by atoms with Crippen LogP contribution in [-0.2, 0) is 24.3 Å². The van der Waals surface area contributed by atoms with Gasteiger partial charge in [-0.3, -0.25) is 4.79 Å².